The average Bonchev–Trinajstić information content (AvgIpc) is 2.95. The maximum Gasteiger partial charge on any atom is 0.257 e. The van der Waals surface area contributed by atoms with E-state index in [4.69, 9.17) is 4.74 Å². The van der Waals surface area contributed by atoms with Crippen LogP contribution >= 0.6 is 23.1 Å². The van der Waals surface area contributed by atoms with Crippen LogP contribution in [0.3, 0.4) is 0 Å². The number of aromatic nitrogens is 2. The van der Waals surface area contributed by atoms with Gasteiger partial charge in [0.15, 0.2) is 4.34 Å². The minimum Gasteiger partial charge on any atom is -0.494 e. The highest BCUT2D eigenvalue weighted by Crippen LogP contribution is 2.30. The molecule has 22 heavy (non-hydrogen) atoms. The van der Waals surface area contributed by atoms with Gasteiger partial charge < -0.3 is 4.74 Å². The molecule has 2 rings (SSSR count). The molecule has 2 aromatic rings. The summed E-state index contributed by atoms with van der Waals surface area (Å²) in [6.07, 6.45) is 1.07. The third-order valence-corrected chi connectivity index (χ3v) is 5.12. The van der Waals surface area contributed by atoms with Crippen molar-refractivity contribution in [2.45, 2.75) is 36.8 Å². The van der Waals surface area contributed by atoms with Crippen molar-refractivity contribution in [3.05, 3.63) is 29.8 Å². The zero-order valence-electron chi connectivity index (χ0n) is 12.8. The Hall–Kier alpha value is -1.60. The summed E-state index contributed by atoms with van der Waals surface area (Å²) < 4.78 is 6.23. The standard InChI is InChI=1S/C15H19N3O2S2/c1-4-10(3)21-15-18-17-14(22-15)16-13(19)11-6-8-12(9-7-11)20-5-2/h6-10H,4-5H2,1-3H3,(H,16,17,19). The normalized spacial score (nSPS) is 12.0. The van der Waals surface area contributed by atoms with Crippen LogP contribution in [-0.2, 0) is 0 Å². The van der Waals surface area contributed by atoms with Gasteiger partial charge in [0.25, 0.3) is 5.91 Å². The lowest BCUT2D eigenvalue weighted by Crippen LogP contribution is -2.11. The molecule has 1 aromatic carbocycles. The van der Waals surface area contributed by atoms with Crippen LogP contribution in [-0.4, -0.2) is 28.0 Å². The molecule has 1 heterocycles. The summed E-state index contributed by atoms with van der Waals surface area (Å²) in [7, 11) is 0. The second-order valence-corrected chi connectivity index (χ2v) is 7.28. The molecule has 1 atom stereocenters. The predicted octanol–water partition coefficient (Wildman–Crippen LogP) is 4.08. The number of anilines is 1. The van der Waals surface area contributed by atoms with Crippen molar-refractivity contribution in [2.75, 3.05) is 11.9 Å². The number of hydrogen-bond acceptors (Lipinski definition) is 6. The van der Waals surface area contributed by atoms with E-state index in [1.807, 2.05) is 6.92 Å². The minimum absolute atomic E-state index is 0.195. The molecule has 1 N–H and O–H groups in total. The summed E-state index contributed by atoms with van der Waals surface area (Å²) in [5, 5.41) is 11.9. The van der Waals surface area contributed by atoms with Crippen LogP contribution in [0.1, 0.15) is 37.6 Å². The van der Waals surface area contributed by atoms with E-state index >= 15 is 0 Å². The van der Waals surface area contributed by atoms with Gasteiger partial charge in [-0.1, -0.05) is 36.9 Å². The second kappa shape index (κ2) is 8.14. The SMILES string of the molecule is CCOc1ccc(C(=O)Nc2nnc(SC(C)CC)s2)cc1. The number of amides is 1. The van der Waals surface area contributed by atoms with Crippen LogP contribution in [0.25, 0.3) is 0 Å². The number of rotatable bonds is 7. The maximum atomic E-state index is 12.2. The highest BCUT2D eigenvalue weighted by atomic mass is 32.2. The van der Waals surface area contributed by atoms with Gasteiger partial charge in [-0.3, -0.25) is 10.1 Å². The molecule has 0 radical (unpaired) electrons. The third kappa shape index (κ3) is 4.71. The highest BCUT2D eigenvalue weighted by Gasteiger charge is 2.12. The van der Waals surface area contributed by atoms with Crippen LogP contribution in [0, 0.1) is 0 Å². The molecule has 0 saturated carbocycles. The Kier molecular flexibility index (Phi) is 6.21. The van der Waals surface area contributed by atoms with Crippen LogP contribution in [0.15, 0.2) is 28.6 Å². The first-order chi connectivity index (χ1) is 10.6. The Bertz CT molecular complexity index is 614. The lowest BCUT2D eigenvalue weighted by Gasteiger charge is -2.04. The average molecular weight is 337 g/mol. The molecule has 0 aliphatic heterocycles. The van der Waals surface area contributed by atoms with Crippen LogP contribution < -0.4 is 10.1 Å². The van der Waals surface area contributed by atoms with E-state index in [-0.39, 0.29) is 5.91 Å². The first-order valence-electron chi connectivity index (χ1n) is 7.16. The van der Waals surface area contributed by atoms with Gasteiger partial charge >= 0.3 is 0 Å². The number of benzene rings is 1. The summed E-state index contributed by atoms with van der Waals surface area (Å²) in [6, 6.07) is 7.03. The largest absolute Gasteiger partial charge is 0.494 e. The summed E-state index contributed by atoms with van der Waals surface area (Å²) in [4.78, 5) is 12.2. The molecule has 0 aliphatic carbocycles. The molecule has 5 nitrogen and oxygen atoms in total. The van der Waals surface area contributed by atoms with E-state index in [9.17, 15) is 4.79 Å². The topological polar surface area (TPSA) is 64.1 Å². The van der Waals surface area contributed by atoms with Crippen molar-refractivity contribution >= 4 is 34.1 Å². The molecule has 118 valence electrons. The molecule has 1 amide bonds. The summed E-state index contributed by atoms with van der Waals surface area (Å²) >= 11 is 3.07. The molecule has 1 aromatic heterocycles. The van der Waals surface area contributed by atoms with Crippen molar-refractivity contribution in [3.8, 4) is 5.75 Å². The Morgan fingerprint density at radius 1 is 1.32 bits per heavy atom. The molecule has 0 saturated heterocycles. The van der Waals surface area contributed by atoms with Gasteiger partial charge in [-0.05, 0) is 37.6 Å². The Morgan fingerprint density at radius 2 is 2.05 bits per heavy atom. The van der Waals surface area contributed by atoms with Gasteiger partial charge in [-0.2, -0.15) is 0 Å². The summed E-state index contributed by atoms with van der Waals surface area (Å²) in [5.41, 5.74) is 0.565. The van der Waals surface area contributed by atoms with Crippen LogP contribution in [0.5, 0.6) is 5.75 Å². The van der Waals surface area contributed by atoms with Gasteiger partial charge in [-0.25, -0.2) is 0 Å². The van der Waals surface area contributed by atoms with Gasteiger partial charge in [0.2, 0.25) is 5.13 Å². The fourth-order valence-electron chi connectivity index (χ4n) is 1.60. The molecular weight excluding hydrogens is 318 g/mol. The molecular formula is C15H19N3O2S2. The zero-order chi connectivity index (χ0) is 15.9. The van der Waals surface area contributed by atoms with Gasteiger partial charge in [0.1, 0.15) is 5.75 Å². The molecule has 0 spiro atoms. The highest BCUT2D eigenvalue weighted by molar-refractivity contribution is 8.01. The van der Waals surface area contributed by atoms with Crippen LogP contribution in [0.2, 0.25) is 0 Å². The van der Waals surface area contributed by atoms with Gasteiger partial charge in [0.05, 0.1) is 6.61 Å². The number of nitrogens with one attached hydrogen (secondary N) is 1. The Labute approximate surface area is 138 Å². The summed E-state index contributed by atoms with van der Waals surface area (Å²) in [5.74, 6) is 0.557. The number of carbonyl (C=O) groups excluding carboxylic acids is 1. The maximum absolute atomic E-state index is 12.2. The fraction of sp³-hybridized carbons (Fsp3) is 0.400. The van der Waals surface area contributed by atoms with Crippen molar-refractivity contribution in [1.29, 1.82) is 0 Å². The number of ether oxygens (including phenoxy) is 1. The molecule has 7 heteroatoms. The van der Waals surface area contributed by atoms with E-state index in [0.717, 1.165) is 16.5 Å². The smallest absolute Gasteiger partial charge is 0.257 e. The number of carbonyl (C=O) groups is 1. The first kappa shape index (κ1) is 16.8. The second-order valence-electron chi connectivity index (χ2n) is 4.62. The summed E-state index contributed by atoms with van der Waals surface area (Å²) in [6.45, 7) is 6.80. The van der Waals surface area contributed by atoms with Crippen molar-refractivity contribution in [1.82, 2.24) is 10.2 Å². The predicted molar refractivity (Wildman–Crippen MR) is 91.1 cm³/mol. The van der Waals surface area contributed by atoms with E-state index in [0.29, 0.717) is 22.6 Å². The minimum atomic E-state index is -0.195. The van der Waals surface area contributed by atoms with E-state index in [2.05, 4.69) is 29.4 Å². The molecule has 0 fully saturated rings. The van der Waals surface area contributed by atoms with Crippen molar-refractivity contribution in [2.24, 2.45) is 0 Å². The quantitative estimate of drug-likeness (QED) is 0.609. The first-order valence-corrected chi connectivity index (χ1v) is 8.86. The lowest BCUT2D eigenvalue weighted by atomic mass is 10.2. The van der Waals surface area contributed by atoms with Crippen LogP contribution in [0.4, 0.5) is 5.13 Å². The fourth-order valence-corrected chi connectivity index (χ4v) is 3.60. The third-order valence-electron chi connectivity index (χ3n) is 2.93. The van der Waals surface area contributed by atoms with E-state index in [1.165, 1.54) is 11.3 Å². The number of thioether (sulfide) groups is 1. The van der Waals surface area contributed by atoms with Gasteiger partial charge in [0, 0.05) is 10.8 Å². The van der Waals surface area contributed by atoms with E-state index < -0.39 is 0 Å². The number of nitrogens with zero attached hydrogens (tertiary/aromatic N) is 2. The number of hydrogen-bond donors (Lipinski definition) is 1. The zero-order valence-corrected chi connectivity index (χ0v) is 14.5. The lowest BCUT2D eigenvalue weighted by molar-refractivity contribution is 0.102. The molecule has 0 bridgehead atoms. The Morgan fingerprint density at radius 3 is 2.68 bits per heavy atom. The van der Waals surface area contributed by atoms with Crippen molar-refractivity contribution in [3.63, 3.8) is 0 Å². The van der Waals surface area contributed by atoms with E-state index in [1.54, 1.807) is 36.0 Å². The van der Waals surface area contributed by atoms with Gasteiger partial charge in [-0.15, -0.1) is 10.2 Å². The molecule has 1 unspecified atom stereocenters. The Balaban J connectivity index is 1.96. The monoisotopic (exact) mass is 337 g/mol. The molecule has 0 aliphatic rings. The van der Waals surface area contributed by atoms with Crippen molar-refractivity contribution < 1.29 is 9.53 Å².